The lowest BCUT2D eigenvalue weighted by Crippen LogP contribution is -2.50. The molecule has 0 aliphatic carbocycles. The molecule has 0 bridgehead atoms. The van der Waals surface area contributed by atoms with Gasteiger partial charge in [0.1, 0.15) is 0 Å². The molecule has 1 aliphatic rings. The molecule has 0 saturated heterocycles. The third-order valence-corrected chi connectivity index (χ3v) is 3.54. The lowest BCUT2D eigenvalue weighted by atomic mass is 9.83. The summed E-state index contributed by atoms with van der Waals surface area (Å²) in [6.07, 6.45) is 0. The Kier molecular flexibility index (Phi) is 3.12. The van der Waals surface area contributed by atoms with Crippen molar-refractivity contribution in [1.29, 1.82) is 0 Å². The maximum absolute atomic E-state index is 11.9. The number of nitrogens with one attached hydrogen (secondary N) is 1. The lowest BCUT2D eigenvalue weighted by molar-refractivity contribution is -0.116. The van der Waals surface area contributed by atoms with Crippen LogP contribution in [0.1, 0.15) is 47.1 Å². The van der Waals surface area contributed by atoms with E-state index in [1.807, 2.05) is 17.0 Å². The Morgan fingerprint density at radius 3 is 2.47 bits per heavy atom. The van der Waals surface area contributed by atoms with Crippen LogP contribution >= 0.6 is 0 Å². The maximum atomic E-state index is 11.9. The molecule has 1 aromatic rings. The Morgan fingerprint density at radius 2 is 1.95 bits per heavy atom. The molecule has 0 fully saturated rings. The van der Waals surface area contributed by atoms with Crippen LogP contribution in [-0.2, 0) is 10.2 Å². The van der Waals surface area contributed by atoms with E-state index in [0.717, 1.165) is 11.4 Å². The minimum Gasteiger partial charge on any atom is -0.376 e. The van der Waals surface area contributed by atoms with Gasteiger partial charge in [0.05, 0.1) is 11.4 Å². The quantitative estimate of drug-likeness (QED) is 0.774. The number of para-hydroxylation sites is 1. The summed E-state index contributed by atoms with van der Waals surface area (Å²) >= 11 is 0. The first kappa shape index (κ1) is 13.9. The van der Waals surface area contributed by atoms with Gasteiger partial charge in [-0.05, 0) is 30.9 Å². The van der Waals surface area contributed by atoms with E-state index in [2.05, 4.69) is 46.0 Å². The zero-order chi connectivity index (χ0) is 14.4. The van der Waals surface area contributed by atoms with Gasteiger partial charge in [-0.2, -0.15) is 0 Å². The number of hydrogen-bond acceptors (Lipinski definition) is 2. The molecule has 1 heterocycles. The third-order valence-electron chi connectivity index (χ3n) is 3.54. The van der Waals surface area contributed by atoms with Gasteiger partial charge in [-0.3, -0.25) is 4.79 Å². The first-order valence-corrected chi connectivity index (χ1v) is 6.82. The summed E-state index contributed by atoms with van der Waals surface area (Å²) in [5.41, 5.74) is 3.29. The fourth-order valence-corrected chi connectivity index (χ4v) is 2.66. The van der Waals surface area contributed by atoms with Crippen molar-refractivity contribution in [3.63, 3.8) is 0 Å². The van der Waals surface area contributed by atoms with Crippen molar-refractivity contribution < 1.29 is 4.79 Å². The molecule has 3 nitrogen and oxygen atoms in total. The molecular formula is C16H24N2O. The van der Waals surface area contributed by atoms with Gasteiger partial charge in [0.25, 0.3) is 0 Å². The second-order valence-corrected chi connectivity index (χ2v) is 7.06. The summed E-state index contributed by atoms with van der Waals surface area (Å²) in [7, 11) is 0. The number of carbonyl (C=O) groups excluding carboxylic acids is 1. The maximum Gasteiger partial charge on any atom is 0.224 e. The van der Waals surface area contributed by atoms with Crippen LogP contribution in [0.5, 0.6) is 0 Å². The second-order valence-electron chi connectivity index (χ2n) is 7.06. The average Bonchev–Trinajstić information content (AvgIpc) is 2.24. The molecule has 1 amide bonds. The number of carbonyl (C=O) groups is 1. The van der Waals surface area contributed by atoms with Gasteiger partial charge < -0.3 is 10.2 Å². The van der Waals surface area contributed by atoms with E-state index in [0.29, 0.717) is 6.54 Å². The van der Waals surface area contributed by atoms with E-state index in [4.69, 9.17) is 0 Å². The van der Waals surface area contributed by atoms with Gasteiger partial charge in [-0.15, -0.1) is 0 Å². The monoisotopic (exact) mass is 260 g/mol. The predicted molar refractivity (Wildman–Crippen MR) is 80.9 cm³/mol. The highest BCUT2D eigenvalue weighted by atomic mass is 16.2. The van der Waals surface area contributed by atoms with Crippen LogP contribution in [0, 0.1) is 0 Å². The Morgan fingerprint density at radius 1 is 1.32 bits per heavy atom. The van der Waals surface area contributed by atoms with E-state index in [1.54, 1.807) is 6.92 Å². The summed E-state index contributed by atoms with van der Waals surface area (Å²) < 4.78 is 0. The molecule has 0 atom stereocenters. The molecule has 3 heteroatoms. The number of benzene rings is 1. The number of hydrogen-bond donors (Lipinski definition) is 1. The zero-order valence-electron chi connectivity index (χ0n) is 12.8. The number of nitrogens with zero attached hydrogens (tertiary/aromatic N) is 1. The van der Waals surface area contributed by atoms with Crippen molar-refractivity contribution in [3.05, 3.63) is 23.8 Å². The summed E-state index contributed by atoms with van der Waals surface area (Å²) in [6, 6.07) is 6.20. The number of amides is 1. The van der Waals surface area contributed by atoms with Crippen LogP contribution < -0.4 is 10.2 Å². The first-order chi connectivity index (χ1) is 8.62. The molecule has 0 spiro atoms. The molecule has 0 saturated carbocycles. The second kappa shape index (κ2) is 4.26. The Hall–Kier alpha value is -1.51. The summed E-state index contributed by atoms with van der Waals surface area (Å²) in [5.74, 6) is 0.0990. The normalized spacial score (nSPS) is 17.7. The van der Waals surface area contributed by atoms with Gasteiger partial charge in [-0.25, -0.2) is 0 Å². The first-order valence-electron chi connectivity index (χ1n) is 6.82. The summed E-state index contributed by atoms with van der Waals surface area (Å²) in [5, 5.41) is 3.60. The molecule has 104 valence electrons. The Labute approximate surface area is 116 Å². The fourth-order valence-electron chi connectivity index (χ4n) is 2.66. The van der Waals surface area contributed by atoms with Crippen LogP contribution in [0.15, 0.2) is 18.2 Å². The van der Waals surface area contributed by atoms with Crippen LogP contribution in [-0.4, -0.2) is 18.0 Å². The SMILES string of the molecule is CC(=O)N1CC(C)(C)Nc2c1cccc2C(C)(C)C. The Balaban J connectivity index is 2.63. The van der Waals surface area contributed by atoms with E-state index < -0.39 is 0 Å². The molecule has 19 heavy (non-hydrogen) atoms. The van der Waals surface area contributed by atoms with Crippen molar-refractivity contribution >= 4 is 17.3 Å². The molecule has 1 aromatic carbocycles. The van der Waals surface area contributed by atoms with E-state index in [-0.39, 0.29) is 16.9 Å². The van der Waals surface area contributed by atoms with Crippen LogP contribution in [0.2, 0.25) is 0 Å². The number of anilines is 2. The fraction of sp³-hybridized carbons (Fsp3) is 0.562. The zero-order valence-corrected chi connectivity index (χ0v) is 12.8. The van der Waals surface area contributed by atoms with Crippen molar-refractivity contribution in [3.8, 4) is 0 Å². The summed E-state index contributed by atoms with van der Waals surface area (Å²) in [4.78, 5) is 13.8. The molecule has 2 rings (SSSR count). The highest BCUT2D eigenvalue weighted by Gasteiger charge is 2.34. The van der Waals surface area contributed by atoms with Crippen LogP contribution in [0.25, 0.3) is 0 Å². The standard InChI is InChI=1S/C16H24N2O/c1-11(19)18-10-16(5,6)17-14-12(15(2,3)4)8-7-9-13(14)18/h7-9,17H,10H2,1-6H3. The van der Waals surface area contributed by atoms with Gasteiger partial charge in [0, 0.05) is 19.0 Å². The van der Waals surface area contributed by atoms with Crippen molar-refractivity contribution in [1.82, 2.24) is 0 Å². The summed E-state index contributed by atoms with van der Waals surface area (Å²) in [6.45, 7) is 13.2. The number of rotatable bonds is 0. The molecular weight excluding hydrogens is 236 g/mol. The molecule has 1 N–H and O–H groups in total. The van der Waals surface area contributed by atoms with Crippen molar-refractivity contribution in [2.24, 2.45) is 0 Å². The lowest BCUT2D eigenvalue weighted by Gasteiger charge is -2.42. The predicted octanol–water partition coefficient (Wildman–Crippen LogP) is 3.54. The number of fused-ring (bicyclic) bond motifs is 1. The smallest absolute Gasteiger partial charge is 0.224 e. The minimum absolute atomic E-state index is 0.0498. The van der Waals surface area contributed by atoms with E-state index in [1.165, 1.54) is 5.56 Å². The average molecular weight is 260 g/mol. The third kappa shape index (κ3) is 2.60. The minimum atomic E-state index is -0.111. The molecule has 0 radical (unpaired) electrons. The van der Waals surface area contributed by atoms with Crippen LogP contribution in [0.3, 0.4) is 0 Å². The van der Waals surface area contributed by atoms with Crippen molar-refractivity contribution in [2.45, 2.75) is 52.5 Å². The highest BCUT2D eigenvalue weighted by molar-refractivity contribution is 5.97. The van der Waals surface area contributed by atoms with Gasteiger partial charge in [0.2, 0.25) is 5.91 Å². The van der Waals surface area contributed by atoms with Crippen LogP contribution in [0.4, 0.5) is 11.4 Å². The van der Waals surface area contributed by atoms with E-state index in [9.17, 15) is 4.79 Å². The van der Waals surface area contributed by atoms with E-state index >= 15 is 0 Å². The molecule has 0 unspecified atom stereocenters. The topological polar surface area (TPSA) is 32.3 Å². The molecule has 1 aliphatic heterocycles. The molecule has 0 aromatic heterocycles. The van der Waals surface area contributed by atoms with Gasteiger partial charge in [0.15, 0.2) is 0 Å². The largest absolute Gasteiger partial charge is 0.376 e. The van der Waals surface area contributed by atoms with Gasteiger partial charge in [-0.1, -0.05) is 32.9 Å². The van der Waals surface area contributed by atoms with Gasteiger partial charge >= 0.3 is 0 Å². The van der Waals surface area contributed by atoms with Crippen molar-refractivity contribution in [2.75, 3.05) is 16.8 Å². The highest BCUT2D eigenvalue weighted by Crippen LogP contribution is 2.41. The Bertz CT molecular complexity index is 512.